The van der Waals surface area contributed by atoms with Crippen LogP contribution in [0.25, 0.3) is 11.1 Å². The molecule has 208 valence electrons. The Morgan fingerprint density at radius 3 is 2.41 bits per heavy atom. The number of halogens is 1. The topological polar surface area (TPSA) is 67.3 Å². The molecule has 1 unspecified atom stereocenters. The van der Waals surface area contributed by atoms with E-state index in [1.165, 1.54) is 12.3 Å². The number of aromatic nitrogens is 1. The number of hydrogen-bond donors (Lipinski definition) is 1. The SMILES string of the molecule is C=CC1(F)CCC(CC2C=C(c3ccc(S(C)(=O)=O)cc3)c3ncc(C(/C(C)=C\C)=C(\C)O)cc3CC2)CC1. The summed E-state index contributed by atoms with van der Waals surface area (Å²) in [7, 11) is -3.30. The first-order chi connectivity index (χ1) is 18.4. The molecule has 1 heterocycles. The molecule has 0 saturated heterocycles. The number of pyridine rings is 1. The molecule has 6 heteroatoms. The van der Waals surface area contributed by atoms with Crippen molar-refractivity contribution in [3.63, 3.8) is 0 Å². The fourth-order valence-corrected chi connectivity index (χ4v) is 6.64. The zero-order valence-corrected chi connectivity index (χ0v) is 24.3. The van der Waals surface area contributed by atoms with Gasteiger partial charge in [0.25, 0.3) is 0 Å². The molecule has 0 spiro atoms. The molecular formula is C33H40FNO3S. The Morgan fingerprint density at radius 2 is 1.85 bits per heavy atom. The normalized spacial score (nSPS) is 24.7. The van der Waals surface area contributed by atoms with Crippen LogP contribution in [0.3, 0.4) is 0 Å². The van der Waals surface area contributed by atoms with Crippen LogP contribution >= 0.6 is 0 Å². The van der Waals surface area contributed by atoms with Crippen molar-refractivity contribution in [2.75, 3.05) is 6.26 Å². The van der Waals surface area contributed by atoms with E-state index < -0.39 is 15.5 Å². The summed E-state index contributed by atoms with van der Waals surface area (Å²) in [5.74, 6) is 1.00. The van der Waals surface area contributed by atoms with Gasteiger partial charge in [0.1, 0.15) is 5.67 Å². The first kappa shape index (κ1) is 29.0. The first-order valence-electron chi connectivity index (χ1n) is 13.8. The van der Waals surface area contributed by atoms with Crippen LogP contribution < -0.4 is 0 Å². The molecule has 1 saturated carbocycles. The highest BCUT2D eigenvalue weighted by Crippen LogP contribution is 2.41. The monoisotopic (exact) mass is 549 g/mol. The third kappa shape index (κ3) is 6.60. The quantitative estimate of drug-likeness (QED) is 0.215. The summed E-state index contributed by atoms with van der Waals surface area (Å²) in [6.45, 7) is 9.32. The van der Waals surface area contributed by atoms with Crippen LogP contribution in [0.4, 0.5) is 4.39 Å². The van der Waals surface area contributed by atoms with E-state index in [9.17, 15) is 17.9 Å². The highest BCUT2D eigenvalue weighted by Gasteiger charge is 2.33. The van der Waals surface area contributed by atoms with Crippen LogP contribution in [-0.4, -0.2) is 30.4 Å². The minimum absolute atomic E-state index is 0.256. The third-order valence-electron chi connectivity index (χ3n) is 8.42. The van der Waals surface area contributed by atoms with E-state index in [1.807, 2.05) is 38.3 Å². The molecule has 0 aliphatic heterocycles. The van der Waals surface area contributed by atoms with Gasteiger partial charge >= 0.3 is 0 Å². The Bertz CT molecular complexity index is 1420. The number of alkyl halides is 1. The molecule has 1 aromatic carbocycles. The Hall–Kier alpha value is -2.99. The Labute approximate surface area is 233 Å². The minimum atomic E-state index is -3.30. The summed E-state index contributed by atoms with van der Waals surface area (Å²) < 4.78 is 38.9. The van der Waals surface area contributed by atoms with E-state index in [0.29, 0.717) is 24.7 Å². The fraction of sp³-hybridized carbons (Fsp3) is 0.424. The molecule has 4 rings (SSSR count). The number of hydrogen-bond acceptors (Lipinski definition) is 4. The standard InChI is InChI=1S/C33H40FNO3S/c1-6-22(3)31(23(4)36)28-20-27-9-8-25(18-24-14-16-33(34,7-2)17-15-24)19-30(32(27)35-21-28)26-10-12-29(13-11-26)39(5,37)38/h6-7,10-13,19-21,24-25,36H,2,8-9,14-18H2,1,3-5H3/b22-6-,31-23+. The van der Waals surface area contributed by atoms with Crippen LogP contribution in [0.5, 0.6) is 0 Å². The maximum Gasteiger partial charge on any atom is 0.175 e. The number of aryl methyl sites for hydroxylation is 1. The lowest BCUT2D eigenvalue weighted by atomic mass is 9.76. The third-order valence-corrected chi connectivity index (χ3v) is 9.55. The zero-order chi connectivity index (χ0) is 28.4. The summed E-state index contributed by atoms with van der Waals surface area (Å²) >= 11 is 0. The van der Waals surface area contributed by atoms with Crippen LogP contribution in [-0.2, 0) is 16.3 Å². The Balaban J connectivity index is 1.73. The predicted molar refractivity (Wildman–Crippen MR) is 158 cm³/mol. The Kier molecular flexibility index (Phi) is 8.65. The van der Waals surface area contributed by atoms with Crippen molar-refractivity contribution in [2.24, 2.45) is 11.8 Å². The first-order valence-corrected chi connectivity index (χ1v) is 15.7. The van der Waals surface area contributed by atoms with Gasteiger partial charge in [0.05, 0.1) is 16.3 Å². The summed E-state index contributed by atoms with van der Waals surface area (Å²) in [6.07, 6.45) is 14.3. The maximum atomic E-state index is 14.7. The highest BCUT2D eigenvalue weighted by molar-refractivity contribution is 7.90. The highest BCUT2D eigenvalue weighted by atomic mass is 32.2. The van der Waals surface area contributed by atoms with Gasteiger partial charge in [-0.1, -0.05) is 36.9 Å². The molecule has 39 heavy (non-hydrogen) atoms. The average Bonchev–Trinajstić information content (AvgIpc) is 3.08. The molecule has 2 aromatic rings. The van der Waals surface area contributed by atoms with Gasteiger partial charge < -0.3 is 5.11 Å². The molecule has 4 nitrogen and oxygen atoms in total. The molecule has 1 aromatic heterocycles. The van der Waals surface area contributed by atoms with Crippen molar-refractivity contribution in [2.45, 2.75) is 76.3 Å². The fourth-order valence-electron chi connectivity index (χ4n) is 6.01. The number of sulfone groups is 1. The number of benzene rings is 1. The number of allylic oxidation sites excluding steroid dienone is 6. The lowest BCUT2D eigenvalue weighted by Crippen LogP contribution is -2.27. The largest absolute Gasteiger partial charge is 0.512 e. The summed E-state index contributed by atoms with van der Waals surface area (Å²) in [5.41, 5.74) is 5.33. The molecule has 1 atom stereocenters. The number of aliphatic hydroxyl groups is 1. The second-order valence-corrected chi connectivity index (χ2v) is 13.3. The molecule has 0 radical (unpaired) electrons. The van der Waals surface area contributed by atoms with E-state index in [0.717, 1.165) is 71.2 Å². The summed E-state index contributed by atoms with van der Waals surface area (Å²) in [4.78, 5) is 5.21. The van der Waals surface area contributed by atoms with Crippen molar-refractivity contribution < 1.29 is 17.9 Å². The minimum Gasteiger partial charge on any atom is -0.512 e. The predicted octanol–water partition coefficient (Wildman–Crippen LogP) is 8.21. The molecule has 2 aliphatic carbocycles. The summed E-state index contributed by atoms with van der Waals surface area (Å²) in [5, 5.41) is 10.4. The van der Waals surface area contributed by atoms with Gasteiger partial charge in [0, 0.05) is 29.2 Å². The summed E-state index contributed by atoms with van der Waals surface area (Å²) in [6, 6.07) is 9.16. The van der Waals surface area contributed by atoms with Crippen LogP contribution in [0.1, 0.15) is 81.7 Å². The van der Waals surface area contributed by atoms with E-state index >= 15 is 0 Å². The van der Waals surface area contributed by atoms with Crippen LogP contribution in [0.15, 0.2) is 77.6 Å². The van der Waals surface area contributed by atoms with E-state index in [-0.39, 0.29) is 10.7 Å². The number of nitrogens with zero attached hydrogens (tertiary/aromatic N) is 1. The number of aliphatic hydroxyl groups excluding tert-OH is 1. The van der Waals surface area contributed by atoms with Gasteiger partial charge in [-0.05, 0) is 112 Å². The molecular weight excluding hydrogens is 509 g/mol. The van der Waals surface area contributed by atoms with Gasteiger partial charge in [-0.25, -0.2) is 12.8 Å². The van der Waals surface area contributed by atoms with Gasteiger partial charge in [0.15, 0.2) is 9.84 Å². The lowest BCUT2D eigenvalue weighted by molar-refractivity contribution is 0.125. The van der Waals surface area contributed by atoms with Gasteiger partial charge in [-0.15, -0.1) is 0 Å². The van der Waals surface area contributed by atoms with Crippen molar-refractivity contribution in [3.8, 4) is 0 Å². The molecule has 0 amide bonds. The zero-order valence-electron chi connectivity index (χ0n) is 23.5. The second-order valence-electron chi connectivity index (χ2n) is 11.3. The molecule has 1 N–H and O–H groups in total. The molecule has 1 fully saturated rings. The lowest BCUT2D eigenvalue weighted by Gasteiger charge is -2.33. The van der Waals surface area contributed by atoms with Crippen molar-refractivity contribution in [1.82, 2.24) is 4.98 Å². The van der Waals surface area contributed by atoms with Crippen molar-refractivity contribution in [3.05, 3.63) is 95.1 Å². The van der Waals surface area contributed by atoms with Crippen molar-refractivity contribution in [1.29, 1.82) is 0 Å². The number of fused-ring (bicyclic) bond motifs is 1. The number of rotatable bonds is 7. The van der Waals surface area contributed by atoms with Crippen LogP contribution in [0.2, 0.25) is 0 Å². The smallest absolute Gasteiger partial charge is 0.175 e. The van der Waals surface area contributed by atoms with E-state index in [1.54, 1.807) is 19.1 Å². The Morgan fingerprint density at radius 1 is 1.18 bits per heavy atom. The van der Waals surface area contributed by atoms with E-state index in [2.05, 4.69) is 18.7 Å². The average molecular weight is 550 g/mol. The van der Waals surface area contributed by atoms with Gasteiger partial charge in [0.2, 0.25) is 0 Å². The van der Waals surface area contributed by atoms with Crippen LogP contribution in [0, 0.1) is 11.8 Å². The van der Waals surface area contributed by atoms with Gasteiger partial charge in [-0.3, -0.25) is 4.98 Å². The second kappa shape index (κ2) is 11.6. The van der Waals surface area contributed by atoms with Crippen molar-refractivity contribution >= 4 is 21.0 Å². The molecule has 2 aliphatic rings. The molecule has 0 bridgehead atoms. The van der Waals surface area contributed by atoms with Gasteiger partial charge in [-0.2, -0.15) is 0 Å². The van der Waals surface area contributed by atoms with E-state index in [4.69, 9.17) is 4.98 Å². The maximum absolute atomic E-state index is 14.7.